The topological polar surface area (TPSA) is 132 Å². The molecule has 0 bridgehead atoms. The summed E-state index contributed by atoms with van der Waals surface area (Å²) in [6.45, 7) is 0.311. The Morgan fingerprint density at radius 3 is 2.74 bits per heavy atom. The minimum absolute atomic E-state index is 0.0345. The zero-order valence-corrected chi connectivity index (χ0v) is 22.7. The van der Waals surface area contributed by atoms with Gasteiger partial charge in [0.2, 0.25) is 0 Å². The van der Waals surface area contributed by atoms with Crippen LogP contribution in [0.5, 0.6) is 11.5 Å². The van der Waals surface area contributed by atoms with Crippen molar-refractivity contribution in [3.05, 3.63) is 116 Å². The number of benzene rings is 4. The standard InChI is InChI=1S/C31H23FN2O7S/c32-20-6-10-28-25(13-20)33-29(42-28)16-40-21-7-9-27-24(14-21)30(35)19(15-41-27)12-18-11-17(31(36)37)5-8-22(18)23-3-1-2-4-26(23)34(38)39/h1-11,13-14,19,30,35H,12,15-16H2,(H,36,37). The molecule has 0 spiro atoms. The molecule has 0 saturated carbocycles. The van der Waals surface area contributed by atoms with Gasteiger partial charge in [0.25, 0.3) is 5.69 Å². The number of thiazole rings is 1. The average Bonchev–Trinajstić information content (AvgIpc) is 3.39. The number of aromatic nitrogens is 1. The van der Waals surface area contributed by atoms with Crippen LogP contribution in [-0.4, -0.2) is 32.7 Å². The van der Waals surface area contributed by atoms with E-state index in [-0.39, 0.29) is 36.7 Å². The fourth-order valence-corrected chi connectivity index (χ4v) is 6.01. The van der Waals surface area contributed by atoms with Gasteiger partial charge < -0.3 is 19.7 Å². The number of carbonyl (C=O) groups is 1. The largest absolute Gasteiger partial charge is 0.493 e. The van der Waals surface area contributed by atoms with Gasteiger partial charge in [0.1, 0.15) is 28.9 Å². The molecule has 5 aromatic rings. The maximum Gasteiger partial charge on any atom is 0.335 e. The van der Waals surface area contributed by atoms with Gasteiger partial charge in [-0.25, -0.2) is 14.2 Å². The number of aliphatic hydroxyl groups excluding tert-OH is 1. The van der Waals surface area contributed by atoms with Crippen LogP contribution in [0.25, 0.3) is 21.3 Å². The summed E-state index contributed by atoms with van der Waals surface area (Å²) < 4.78 is 26.2. The molecule has 2 heterocycles. The summed E-state index contributed by atoms with van der Waals surface area (Å²) in [5.74, 6) is -0.980. The fraction of sp³-hybridized carbons (Fsp3) is 0.161. The van der Waals surface area contributed by atoms with Crippen molar-refractivity contribution in [2.45, 2.75) is 19.1 Å². The molecule has 0 radical (unpaired) electrons. The van der Waals surface area contributed by atoms with E-state index >= 15 is 0 Å². The molecule has 4 aromatic carbocycles. The van der Waals surface area contributed by atoms with E-state index in [2.05, 4.69) is 4.98 Å². The number of aromatic carboxylic acids is 1. The highest BCUT2D eigenvalue weighted by Crippen LogP contribution is 2.41. The van der Waals surface area contributed by atoms with Gasteiger partial charge in [-0.15, -0.1) is 11.3 Å². The molecular weight excluding hydrogens is 563 g/mol. The molecular formula is C31H23FN2O7S. The Labute approximate surface area is 242 Å². The molecule has 0 fully saturated rings. The van der Waals surface area contributed by atoms with Crippen molar-refractivity contribution in [3.63, 3.8) is 0 Å². The molecule has 6 rings (SSSR count). The normalized spacial score (nSPS) is 16.0. The summed E-state index contributed by atoms with van der Waals surface area (Å²) in [5, 5.41) is 33.4. The number of fused-ring (bicyclic) bond motifs is 2. The lowest BCUT2D eigenvalue weighted by Gasteiger charge is -2.31. The van der Waals surface area contributed by atoms with Crippen LogP contribution < -0.4 is 9.47 Å². The van der Waals surface area contributed by atoms with Gasteiger partial charge in [-0.2, -0.15) is 0 Å². The van der Waals surface area contributed by atoms with Crippen LogP contribution in [0.2, 0.25) is 0 Å². The zero-order chi connectivity index (χ0) is 29.4. The molecule has 9 nitrogen and oxygen atoms in total. The summed E-state index contributed by atoms with van der Waals surface area (Å²) in [6, 6.07) is 20.3. The number of hydrogen-bond acceptors (Lipinski definition) is 8. The highest BCUT2D eigenvalue weighted by atomic mass is 32.1. The predicted molar refractivity (Wildman–Crippen MR) is 153 cm³/mol. The van der Waals surface area contributed by atoms with E-state index in [0.717, 1.165) is 4.70 Å². The number of nitrogens with zero attached hydrogens (tertiary/aromatic N) is 2. The smallest absolute Gasteiger partial charge is 0.335 e. The Balaban J connectivity index is 1.25. The lowest BCUT2D eigenvalue weighted by molar-refractivity contribution is -0.384. The third-order valence-electron chi connectivity index (χ3n) is 7.18. The van der Waals surface area contributed by atoms with Gasteiger partial charge in [0.05, 0.1) is 39.0 Å². The molecule has 212 valence electrons. The van der Waals surface area contributed by atoms with Crippen molar-refractivity contribution in [2.75, 3.05) is 6.61 Å². The van der Waals surface area contributed by atoms with E-state index < -0.39 is 22.9 Å². The van der Waals surface area contributed by atoms with Gasteiger partial charge in [-0.3, -0.25) is 10.1 Å². The molecule has 1 aliphatic heterocycles. The number of para-hydroxylation sites is 1. The van der Waals surface area contributed by atoms with Gasteiger partial charge in [-0.1, -0.05) is 18.2 Å². The molecule has 0 aliphatic carbocycles. The second kappa shape index (κ2) is 11.2. The number of nitro benzene ring substituents is 1. The van der Waals surface area contributed by atoms with E-state index in [1.54, 1.807) is 48.5 Å². The first kappa shape index (κ1) is 27.3. The monoisotopic (exact) mass is 586 g/mol. The first-order chi connectivity index (χ1) is 20.3. The van der Waals surface area contributed by atoms with Crippen LogP contribution in [-0.2, 0) is 13.0 Å². The van der Waals surface area contributed by atoms with Crippen LogP contribution >= 0.6 is 11.3 Å². The maximum absolute atomic E-state index is 13.5. The number of hydrogen-bond donors (Lipinski definition) is 2. The van der Waals surface area contributed by atoms with Gasteiger partial charge >= 0.3 is 5.97 Å². The van der Waals surface area contributed by atoms with Gasteiger partial charge in [0, 0.05) is 23.6 Å². The van der Waals surface area contributed by atoms with Crippen molar-refractivity contribution in [1.29, 1.82) is 0 Å². The van der Waals surface area contributed by atoms with Crippen molar-refractivity contribution >= 4 is 33.2 Å². The number of rotatable bonds is 8. The first-order valence-corrected chi connectivity index (χ1v) is 13.8. The number of ether oxygens (including phenoxy) is 2. The first-order valence-electron chi connectivity index (χ1n) is 13.0. The third-order valence-corrected chi connectivity index (χ3v) is 8.19. The Morgan fingerprint density at radius 1 is 1.10 bits per heavy atom. The minimum Gasteiger partial charge on any atom is -0.493 e. The molecule has 2 N–H and O–H groups in total. The van der Waals surface area contributed by atoms with E-state index in [4.69, 9.17) is 9.47 Å². The Hall–Kier alpha value is -4.87. The maximum atomic E-state index is 13.5. The second-order valence-electron chi connectivity index (χ2n) is 9.88. The Bertz CT molecular complexity index is 1840. The lowest BCUT2D eigenvalue weighted by Crippen LogP contribution is -2.28. The van der Waals surface area contributed by atoms with Gasteiger partial charge in [-0.05, 0) is 66.1 Å². The van der Waals surface area contributed by atoms with E-state index in [9.17, 15) is 29.5 Å². The summed E-state index contributed by atoms with van der Waals surface area (Å²) in [7, 11) is 0. The minimum atomic E-state index is -1.13. The molecule has 0 saturated heterocycles. The molecule has 0 amide bonds. The highest BCUT2D eigenvalue weighted by Gasteiger charge is 2.31. The van der Waals surface area contributed by atoms with Gasteiger partial charge in [0.15, 0.2) is 0 Å². The lowest BCUT2D eigenvalue weighted by atomic mass is 9.84. The van der Waals surface area contributed by atoms with Crippen molar-refractivity contribution in [3.8, 4) is 22.6 Å². The molecule has 2 atom stereocenters. The van der Waals surface area contributed by atoms with Crippen molar-refractivity contribution in [2.24, 2.45) is 5.92 Å². The number of nitro groups is 1. The molecule has 42 heavy (non-hydrogen) atoms. The van der Waals surface area contributed by atoms with Crippen LogP contribution in [0, 0.1) is 21.8 Å². The summed E-state index contributed by atoms with van der Waals surface area (Å²) in [5.41, 5.74) is 2.41. The summed E-state index contributed by atoms with van der Waals surface area (Å²) in [6.07, 6.45) is -0.772. The Kier molecular flexibility index (Phi) is 7.27. The number of aliphatic hydroxyl groups is 1. The van der Waals surface area contributed by atoms with E-state index in [1.165, 1.54) is 41.7 Å². The van der Waals surface area contributed by atoms with Crippen molar-refractivity contribution < 1.29 is 33.8 Å². The van der Waals surface area contributed by atoms with Crippen LogP contribution in [0.3, 0.4) is 0 Å². The zero-order valence-electron chi connectivity index (χ0n) is 21.9. The second-order valence-corrected chi connectivity index (χ2v) is 11.0. The highest BCUT2D eigenvalue weighted by molar-refractivity contribution is 7.18. The van der Waals surface area contributed by atoms with E-state index in [1.807, 2.05) is 0 Å². The molecule has 11 heteroatoms. The fourth-order valence-electron chi connectivity index (χ4n) is 5.15. The molecule has 2 unspecified atom stereocenters. The van der Waals surface area contributed by atoms with Crippen LogP contribution in [0.4, 0.5) is 10.1 Å². The number of carboxylic acid groups (broad SMARTS) is 1. The van der Waals surface area contributed by atoms with Crippen LogP contribution in [0.1, 0.15) is 32.6 Å². The molecule has 1 aromatic heterocycles. The average molecular weight is 587 g/mol. The quantitative estimate of drug-likeness (QED) is 0.154. The van der Waals surface area contributed by atoms with Crippen LogP contribution in [0.15, 0.2) is 78.9 Å². The summed E-state index contributed by atoms with van der Waals surface area (Å²) >= 11 is 1.40. The third kappa shape index (κ3) is 5.39. The number of carboxylic acids is 1. The molecule has 1 aliphatic rings. The summed E-state index contributed by atoms with van der Waals surface area (Å²) in [4.78, 5) is 27.4. The Morgan fingerprint density at radius 2 is 1.93 bits per heavy atom. The van der Waals surface area contributed by atoms with E-state index in [0.29, 0.717) is 44.3 Å². The number of halogens is 1. The predicted octanol–water partition coefficient (Wildman–Crippen LogP) is 6.57. The van der Waals surface area contributed by atoms with Crippen molar-refractivity contribution in [1.82, 2.24) is 4.98 Å². The SMILES string of the molecule is O=C(O)c1ccc(-c2ccccc2[N+](=O)[O-])c(CC2COc3ccc(OCc4nc5cc(F)ccc5s4)cc3C2O)c1.